The molecular formula is C25H35N5O2. The summed E-state index contributed by atoms with van der Waals surface area (Å²) < 4.78 is 2.30. The highest BCUT2D eigenvalue weighted by Crippen LogP contribution is 2.28. The maximum atomic E-state index is 13.5. The van der Waals surface area contributed by atoms with Gasteiger partial charge in [0.25, 0.3) is 5.91 Å². The van der Waals surface area contributed by atoms with Crippen LogP contribution in [0.1, 0.15) is 79.4 Å². The lowest BCUT2D eigenvalue weighted by molar-refractivity contribution is -0.135. The van der Waals surface area contributed by atoms with E-state index in [0.717, 1.165) is 56.0 Å². The zero-order chi connectivity index (χ0) is 22.7. The van der Waals surface area contributed by atoms with E-state index in [4.69, 9.17) is 0 Å². The molecule has 2 aliphatic heterocycles. The Morgan fingerprint density at radius 3 is 2.66 bits per heavy atom. The fourth-order valence-electron chi connectivity index (χ4n) is 4.95. The highest BCUT2D eigenvalue weighted by Gasteiger charge is 2.34. The molecule has 2 amide bonds. The fraction of sp³-hybridized carbons (Fsp3) is 0.600. The first kappa shape index (κ1) is 22.5. The molecular weight excluding hydrogens is 402 g/mol. The Labute approximate surface area is 190 Å². The standard InChI is InChI=1S/C25H35N5O2/c1-17(2)22(26-24(31)20-12-7-6-10-18(20)3)25(32)29-14-9-11-19(16-29)23-28-27-21-13-5-4-8-15-30(21)23/h6-7,10,12,17,19,22H,4-5,8-9,11,13-16H2,1-3H3,(H,26,31). The number of nitrogens with one attached hydrogen (secondary N) is 1. The van der Waals surface area contributed by atoms with Gasteiger partial charge >= 0.3 is 0 Å². The SMILES string of the molecule is Cc1ccccc1C(=O)NC(C(=O)N1CCCC(c2nnc3n2CCCCC3)C1)C(C)C. The molecule has 32 heavy (non-hydrogen) atoms. The molecule has 1 aromatic carbocycles. The first-order valence-electron chi connectivity index (χ1n) is 12.0. The van der Waals surface area contributed by atoms with Crippen LogP contribution in [0, 0.1) is 12.8 Å². The molecule has 0 saturated carbocycles. The van der Waals surface area contributed by atoms with Crippen LogP contribution in [-0.4, -0.2) is 50.6 Å². The second-order valence-corrected chi connectivity index (χ2v) is 9.57. The van der Waals surface area contributed by atoms with Gasteiger partial charge in [0.15, 0.2) is 0 Å². The third-order valence-electron chi connectivity index (χ3n) is 6.85. The van der Waals surface area contributed by atoms with Crippen molar-refractivity contribution in [3.63, 3.8) is 0 Å². The zero-order valence-electron chi connectivity index (χ0n) is 19.5. The van der Waals surface area contributed by atoms with Crippen molar-refractivity contribution in [2.75, 3.05) is 13.1 Å². The number of hydrogen-bond acceptors (Lipinski definition) is 4. The molecule has 1 fully saturated rings. The molecule has 0 spiro atoms. The second-order valence-electron chi connectivity index (χ2n) is 9.57. The summed E-state index contributed by atoms with van der Waals surface area (Å²) >= 11 is 0. The highest BCUT2D eigenvalue weighted by atomic mass is 16.2. The Balaban J connectivity index is 1.48. The number of rotatable bonds is 5. The lowest BCUT2D eigenvalue weighted by Gasteiger charge is -2.36. The molecule has 0 aliphatic carbocycles. The Morgan fingerprint density at radius 2 is 1.88 bits per heavy atom. The van der Waals surface area contributed by atoms with E-state index in [1.165, 1.54) is 12.8 Å². The van der Waals surface area contributed by atoms with Gasteiger partial charge < -0.3 is 14.8 Å². The van der Waals surface area contributed by atoms with Crippen molar-refractivity contribution in [1.82, 2.24) is 25.0 Å². The van der Waals surface area contributed by atoms with Gasteiger partial charge in [0.1, 0.15) is 17.7 Å². The van der Waals surface area contributed by atoms with E-state index in [-0.39, 0.29) is 23.7 Å². The van der Waals surface area contributed by atoms with Crippen LogP contribution >= 0.6 is 0 Å². The highest BCUT2D eigenvalue weighted by molar-refractivity contribution is 5.98. The number of amides is 2. The quantitative estimate of drug-likeness (QED) is 0.777. The molecule has 3 heterocycles. The summed E-state index contributed by atoms with van der Waals surface area (Å²) in [5.74, 6) is 2.14. The summed E-state index contributed by atoms with van der Waals surface area (Å²) in [4.78, 5) is 28.4. The zero-order valence-corrected chi connectivity index (χ0v) is 19.5. The summed E-state index contributed by atoms with van der Waals surface area (Å²) in [6.07, 6.45) is 6.51. The predicted octanol–water partition coefficient (Wildman–Crippen LogP) is 3.47. The average Bonchev–Trinajstić information content (AvgIpc) is 3.05. The average molecular weight is 438 g/mol. The van der Waals surface area contributed by atoms with E-state index in [1.54, 1.807) is 6.07 Å². The van der Waals surface area contributed by atoms with Crippen molar-refractivity contribution in [1.29, 1.82) is 0 Å². The predicted molar refractivity (Wildman–Crippen MR) is 123 cm³/mol. The van der Waals surface area contributed by atoms with E-state index in [0.29, 0.717) is 12.1 Å². The van der Waals surface area contributed by atoms with Crippen LogP contribution in [0.15, 0.2) is 24.3 Å². The molecule has 2 aromatic rings. The molecule has 0 radical (unpaired) electrons. The number of piperidine rings is 1. The number of hydrogen-bond donors (Lipinski definition) is 1. The smallest absolute Gasteiger partial charge is 0.252 e. The minimum absolute atomic E-state index is 0.000193. The van der Waals surface area contributed by atoms with Gasteiger partial charge in [-0.25, -0.2) is 0 Å². The maximum absolute atomic E-state index is 13.5. The van der Waals surface area contributed by atoms with Crippen LogP contribution in [0.25, 0.3) is 0 Å². The molecule has 4 rings (SSSR count). The fourth-order valence-corrected chi connectivity index (χ4v) is 4.95. The first-order chi connectivity index (χ1) is 15.5. The van der Waals surface area contributed by atoms with Crippen molar-refractivity contribution in [2.24, 2.45) is 5.92 Å². The van der Waals surface area contributed by atoms with E-state index >= 15 is 0 Å². The third kappa shape index (κ3) is 4.71. The van der Waals surface area contributed by atoms with Gasteiger partial charge in [0, 0.05) is 37.5 Å². The van der Waals surface area contributed by atoms with Crippen LogP contribution < -0.4 is 5.32 Å². The lowest BCUT2D eigenvalue weighted by Crippen LogP contribution is -2.53. The molecule has 0 bridgehead atoms. The molecule has 7 heteroatoms. The molecule has 1 aromatic heterocycles. The monoisotopic (exact) mass is 437 g/mol. The lowest BCUT2D eigenvalue weighted by atomic mass is 9.94. The van der Waals surface area contributed by atoms with Gasteiger partial charge in [-0.2, -0.15) is 0 Å². The molecule has 2 unspecified atom stereocenters. The van der Waals surface area contributed by atoms with E-state index < -0.39 is 6.04 Å². The van der Waals surface area contributed by atoms with Gasteiger partial charge in [-0.3, -0.25) is 9.59 Å². The molecule has 1 N–H and O–H groups in total. The van der Waals surface area contributed by atoms with E-state index in [1.807, 2.05) is 43.9 Å². The number of fused-ring (bicyclic) bond motifs is 1. The number of carbonyl (C=O) groups is 2. The molecule has 172 valence electrons. The summed E-state index contributed by atoms with van der Waals surface area (Å²) in [6.45, 7) is 8.22. The second kappa shape index (κ2) is 9.84. The number of nitrogens with zero attached hydrogens (tertiary/aromatic N) is 4. The Hall–Kier alpha value is -2.70. The Kier molecular flexibility index (Phi) is 6.92. The number of aryl methyl sites for hydroxylation is 2. The Bertz CT molecular complexity index is 967. The normalized spacial score (nSPS) is 19.9. The van der Waals surface area contributed by atoms with Crippen LogP contribution in [0.2, 0.25) is 0 Å². The largest absolute Gasteiger partial charge is 0.340 e. The van der Waals surface area contributed by atoms with Crippen LogP contribution in [0.3, 0.4) is 0 Å². The number of carbonyl (C=O) groups excluding carboxylic acids is 2. The van der Waals surface area contributed by atoms with Crippen molar-refractivity contribution >= 4 is 11.8 Å². The number of benzene rings is 1. The summed E-state index contributed by atoms with van der Waals surface area (Å²) in [5.41, 5.74) is 1.53. The van der Waals surface area contributed by atoms with Gasteiger partial charge in [0.05, 0.1) is 0 Å². The number of likely N-dealkylation sites (tertiary alicyclic amines) is 1. The molecule has 2 atom stereocenters. The van der Waals surface area contributed by atoms with Gasteiger partial charge in [-0.1, -0.05) is 38.5 Å². The summed E-state index contributed by atoms with van der Waals surface area (Å²) in [5, 5.41) is 12.0. The van der Waals surface area contributed by atoms with Crippen LogP contribution in [0.4, 0.5) is 0 Å². The third-order valence-corrected chi connectivity index (χ3v) is 6.85. The molecule has 7 nitrogen and oxygen atoms in total. The van der Waals surface area contributed by atoms with Crippen molar-refractivity contribution in [3.8, 4) is 0 Å². The van der Waals surface area contributed by atoms with Crippen molar-refractivity contribution in [2.45, 2.75) is 77.8 Å². The summed E-state index contributed by atoms with van der Waals surface area (Å²) in [7, 11) is 0. The minimum Gasteiger partial charge on any atom is -0.340 e. The Morgan fingerprint density at radius 1 is 1.06 bits per heavy atom. The van der Waals surface area contributed by atoms with Crippen molar-refractivity contribution in [3.05, 3.63) is 47.0 Å². The van der Waals surface area contributed by atoms with Gasteiger partial charge in [-0.05, 0) is 50.2 Å². The van der Waals surface area contributed by atoms with Gasteiger partial charge in [-0.15, -0.1) is 10.2 Å². The topological polar surface area (TPSA) is 80.1 Å². The first-order valence-corrected chi connectivity index (χ1v) is 12.0. The van der Waals surface area contributed by atoms with Crippen LogP contribution in [0.5, 0.6) is 0 Å². The maximum Gasteiger partial charge on any atom is 0.252 e. The van der Waals surface area contributed by atoms with E-state index in [2.05, 4.69) is 20.1 Å². The molecule has 1 saturated heterocycles. The molecule has 2 aliphatic rings. The van der Waals surface area contributed by atoms with Crippen molar-refractivity contribution < 1.29 is 9.59 Å². The van der Waals surface area contributed by atoms with E-state index in [9.17, 15) is 9.59 Å². The summed E-state index contributed by atoms with van der Waals surface area (Å²) in [6, 6.07) is 6.94. The van der Waals surface area contributed by atoms with Gasteiger partial charge in [0.2, 0.25) is 5.91 Å². The number of aromatic nitrogens is 3. The van der Waals surface area contributed by atoms with Crippen LogP contribution in [-0.2, 0) is 17.8 Å². The minimum atomic E-state index is -0.545.